The molecule has 0 radical (unpaired) electrons. The van der Waals surface area contributed by atoms with Gasteiger partial charge in [0.05, 0.1) is 6.04 Å². The molecule has 2 N–H and O–H groups in total. The Bertz CT molecular complexity index is 439. The highest BCUT2D eigenvalue weighted by molar-refractivity contribution is 5.81. The minimum absolute atomic E-state index is 0.0285. The molecule has 0 aliphatic carbocycles. The molecule has 5 nitrogen and oxygen atoms in total. The number of rotatable bonds is 6. The van der Waals surface area contributed by atoms with Crippen LogP contribution >= 0.6 is 0 Å². The van der Waals surface area contributed by atoms with Crippen LogP contribution in [0.4, 0.5) is 0 Å². The molecular formula is C13H18N4O. The average molecular weight is 246 g/mol. The third kappa shape index (κ3) is 4.15. The van der Waals surface area contributed by atoms with Crippen LogP contribution in [0.5, 0.6) is 0 Å². The molecule has 0 fully saturated rings. The van der Waals surface area contributed by atoms with Crippen molar-refractivity contribution in [3.05, 3.63) is 29.6 Å². The van der Waals surface area contributed by atoms with Gasteiger partial charge in [0.2, 0.25) is 5.91 Å². The summed E-state index contributed by atoms with van der Waals surface area (Å²) in [4.78, 5) is 15.6. The molecule has 5 heteroatoms. The van der Waals surface area contributed by atoms with Crippen molar-refractivity contribution in [3.8, 4) is 6.07 Å². The van der Waals surface area contributed by atoms with Crippen LogP contribution in [0.25, 0.3) is 0 Å². The predicted octanol–water partition coefficient (Wildman–Crippen LogP) is 0.958. The number of hydrogen-bond donors (Lipinski definition) is 2. The molecule has 0 saturated carbocycles. The Morgan fingerprint density at radius 2 is 2.39 bits per heavy atom. The number of aromatic nitrogens is 1. The van der Waals surface area contributed by atoms with Gasteiger partial charge in [-0.1, -0.05) is 13.0 Å². The average Bonchev–Trinajstić information content (AvgIpc) is 2.42. The fourth-order valence-corrected chi connectivity index (χ4v) is 1.44. The van der Waals surface area contributed by atoms with Crippen LogP contribution in [0.3, 0.4) is 0 Å². The van der Waals surface area contributed by atoms with Crippen LogP contribution < -0.4 is 10.6 Å². The molecule has 0 spiro atoms. The van der Waals surface area contributed by atoms with Crippen molar-refractivity contribution in [2.45, 2.75) is 32.9 Å². The fourth-order valence-electron chi connectivity index (χ4n) is 1.44. The normalized spacial score (nSPS) is 11.6. The molecule has 1 heterocycles. The van der Waals surface area contributed by atoms with Crippen molar-refractivity contribution in [2.24, 2.45) is 0 Å². The molecule has 0 aliphatic heterocycles. The number of nitrogens with one attached hydrogen (secondary N) is 2. The number of carbonyl (C=O) groups excluding carboxylic acids is 1. The topological polar surface area (TPSA) is 77.8 Å². The first-order chi connectivity index (χ1) is 8.69. The Labute approximate surface area is 107 Å². The zero-order valence-electron chi connectivity index (χ0n) is 10.7. The van der Waals surface area contributed by atoms with Gasteiger partial charge in [-0.2, -0.15) is 5.26 Å². The van der Waals surface area contributed by atoms with Crippen molar-refractivity contribution in [1.29, 1.82) is 5.26 Å². The van der Waals surface area contributed by atoms with E-state index in [9.17, 15) is 4.79 Å². The zero-order valence-corrected chi connectivity index (χ0v) is 10.7. The largest absolute Gasteiger partial charge is 0.355 e. The van der Waals surface area contributed by atoms with Crippen molar-refractivity contribution in [3.63, 3.8) is 0 Å². The maximum atomic E-state index is 11.6. The maximum absolute atomic E-state index is 11.6. The van der Waals surface area contributed by atoms with Gasteiger partial charge in [0.1, 0.15) is 11.8 Å². The molecule has 1 amide bonds. The van der Waals surface area contributed by atoms with E-state index in [1.54, 1.807) is 19.2 Å². The van der Waals surface area contributed by atoms with Gasteiger partial charge in [0, 0.05) is 24.8 Å². The van der Waals surface area contributed by atoms with E-state index in [0.29, 0.717) is 18.8 Å². The standard InChI is InChI=1S/C13H18N4O/c1-3-6-16-13(18)10(2)17-9-11-5-4-7-15-12(11)8-14/h4-5,7,10,17H,3,6,9H2,1-2H3,(H,16,18). The molecule has 1 rings (SSSR count). The molecule has 96 valence electrons. The predicted molar refractivity (Wildman–Crippen MR) is 68.6 cm³/mol. The van der Waals surface area contributed by atoms with E-state index in [4.69, 9.17) is 5.26 Å². The van der Waals surface area contributed by atoms with Crippen LogP contribution in [0.15, 0.2) is 18.3 Å². The summed E-state index contributed by atoms with van der Waals surface area (Å²) in [7, 11) is 0. The molecule has 1 unspecified atom stereocenters. The number of nitrogens with zero attached hydrogens (tertiary/aromatic N) is 2. The molecule has 1 atom stereocenters. The Morgan fingerprint density at radius 3 is 3.06 bits per heavy atom. The van der Waals surface area contributed by atoms with E-state index in [0.717, 1.165) is 12.0 Å². The highest BCUT2D eigenvalue weighted by atomic mass is 16.2. The van der Waals surface area contributed by atoms with Gasteiger partial charge in [-0.25, -0.2) is 4.98 Å². The van der Waals surface area contributed by atoms with Crippen molar-refractivity contribution in [1.82, 2.24) is 15.6 Å². The second-order valence-electron chi connectivity index (χ2n) is 4.02. The molecule has 0 saturated heterocycles. The Hall–Kier alpha value is -1.93. The lowest BCUT2D eigenvalue weighted by Crippen LogP contribution is -2.42. The quantitative estimate of drug-likeness (QED) is 0.783. The van der Waals surface area contributed by atoms with Gasteiger partial charge in [0.25, 0.3) is 0 Å². The third-order valence-electron chi connectivity index (χ3n) is 2.54. The summed E-state index contributed by atoms with van der Waals surface area (Å²) in [5, 5.41) is 14.8. The lowest BCUT2D eigenvalue weighted by molar-refractivity contribution is -0.122. The third-order valence-corrected chi connectivity index (χ3v) is 2.54. The zero-order chi connectivity index (χ0) is 13.4. The number of hydrogen-bond acceptors (Lipinski definition) is 4. The summed E-state index contributed by atoms with van der Waals surface area (Å²) >= 11 is 0. The first kappa shape index (κ1) is 14.1. The maximum Gasteiger partial charge on any atom is 0.236 e. The summed E-state index contributed by atoms with van der Waals surface area (Å²) in [5.74, 6) is -0.0285. The van der Waals surface area contributed by atoms with Gasteiger partial charge in [0.15, 0.2) is 0 Å². The highest BCUT2D eigenvalue weighted by Gasteiger charge is 2.12. The Morgan fingerprint density at radius 1 is 1.61 bits per heavy atom. The van der Waals surface area contributed by atoms with Crippen molar-refractivity contribution < 1.29 is 4.79 Å². The second-order valence-corrected chi connectivity index (χ2v) is 4.02. The van der Waals surface area contributed by atoms with E-state index in [2.05, 4.69) is 15.6 Å². The van der Waals surface area contributed by atoms with Crippen LogP contribution in [0, 0.1) is 11.3 Å². The molecule has 18 heavy (non-hydrogen) atoms. The smallest absolute Gasteiger partial charge is 0.236 e. The van der Waals surface area contributed by atoms with E-state index in [1.165, 1.54) is 0 Å². The minimum atomic E-state index is -0.289. The molecular weight excluding hydrogens is 228 g/mol. The number of nitriles is 1. The fraction of sp³-hybridized carbons (Fsp3) is 0.462. The number of carbonyl (C=O) groups is 1. The van der Waals surface area contributed by atoms with Crippen molar-refractivity contribution in [2.75, 3.05) is 6.54 Å². The van der Waals surface area contributed by atoms with Crippen LogP contribution in [0.1, 0.15) is 31.5 Å². The second kappa shape index (κ2) is 7.41. The van der Waals surface area contributed by atoms with Gasteiger partial charge >= 0.3 is 0 Å². The lowest BCUT2D eigenvalue weighted by Gasteiger charge is -2.13. The summed E-state index contributed by atoms with van der Waals surface area (Å²) in [6.45, 7) is 4.94. The van der Waals surface area contributed by atoms with Crippen LogP contribution in [-0.4, -0.2) is 23.5 Å². The summed E-state index contributed by atoms with van der Waals surface area (Å²) in [6, 6.07) is 5.35. The van der Waals surface area contributed by atoms with E-state index in [1.807, 2.05) is 19.1 Å². The molecule has 1 aromatic heterocycles. The Kier molecular flexibility index (Phi) is 5.81. The summed E-state index contributed by atoms with van der Waals surface area (Å²) < 4.78 is 0. The number of amides is 1. The van der Waals surface area contributed by atoms with Crippen LogP contribution in [-0.2, 0) is 11.3 Å². The van der Waals surface area contributed by atoms with Gasteiger partial charge in [-0.3, -0.25) is 4.79 Å². The summed E-state index contributed by atoms with van der Waals surface area (Å²) in [5.41, 5.74) is 1.20. The van der Waals surface area contributed by atoms with E-state index in [-0.39, 0.29) is 11.9 Å². The van der Waals surface area contributed by atoms with Gasteiger partial charge in [-0.15, -0.1) is 0 Å². The van der Waals surface area contributed by atoms with E-state index >= 15 is 0 Å². The Balaban J connectivity index is 2.50. The molecule has 0 bridgehead atoms. The number of pyridine rings is 1. The SMILES string of the molecule is CCCNC(=O)C(C)NCc1cccnc1C#N. The highest BCUT2D eigenvalue weighted by Crippen LogP contribution is 2.03. The van der Waals surface area contributed by atoms with Gasteiger partial charge < -0.3 is 10.6 Å². The first-order valence-electron chi connectivity index (χ1n) is 6.04. The molecule has 1 aromatic rings. The van der Waals surface area contributed by atoms with Crippen molar-refractivity contribution >= 4 is 5.91 Å². The first-order valence-corrected chi connectivity index (χ1v) is 6.04. The van der Waals surface area contributed by atoms with E-state index < -0.39 is 0 Å². The van der Waals surface area contributed by atoms with Gasteiger partial charge in [-0.05, 0) is 19.4 Å². The molecule has 0 aromatic carbocycles. The minimum Gasteiger partial charge on any atom is -0.355 e. The monoisotopic (exact) mass is 246 g/mol. The lowest BCUT2D eigenvalue weighted by atomic mass is 10.2. The van der Waals surface area contributed by atoms with Crippen LogP contribution in [0.2, 0.25) is 0 Å². The summed E-state index contributed by atoms with van der Waals surface area (Å²) in [6.07, 6.45) is 2.50. The molecule has 0 aliphatic rings.